The third-order valence-electron chi connectivity index (χ3n) is 3.46. The summed E-state index contributed by atoms with van der Waals surface area (Å²) >= 11 is 0. The van der Waals surface area contributed by atoms with Crippen LogP contribution in [-0.4, -0.2) is 50.1 Å². The standard InChI is InChI=1S/C14H17N5O3/c1-10-17-13(22-18-10)9-21-11-3-2-6-19(8-11)14(20)12-7-15-4-5-16-12/h4-5,7,11H,2-3,6,8-9H2,1H3. The van der Waals surface area contributed by atoms with Crippen LogP contribution < -0.4 is 0 Å². The van der Waals surface area contributed by atoms with Crippen LogP contribution in [0.4, 0.5) is 0 Å². The Morgan fingerprint density at radius 2 is 2.41 bits per heavy atom. The van der Waals surface area contributed by atoms with Gasteiger partial charge in [0.1, 0.15) is 12.3 Å². The molecule has 0 aliphatic carbocycles. The maximum Gasteiger partial charge on any atom is 0.274 e. The van der Waals surface area contributed by atoms with Gasteiger partial charge in [0.2, 0.25) is 0 Å². The van der Waals surface area contributed by atoms with Crippen LogP contribution in [0.25, 0.3) is 0 Å². The lowest BCUT2D eigenvalue weighted by Crippen LogP contribution is -2.43. The zero-order chi connectivity index (χ0) is 15.4. The number of amides is 1. The predicted octanol–water partition coefficient (Wildman–Crippen LogP) is 0.989. The normalized spacial score (nSPS) is 18.4. The average Bonchev–Trinajstić information content (AvgIpc) is 2.99. The molecule has 0 aromatic carbocycles. The second-order valence-corrected chi connectivity index (χ2v) is 5.15. The first-order valence-electron chi connectivity index (χ1n) is 7.18. The molecular weight excluding hydrogens is 286 g/mol. The highest BCUT2D eigenvalue weighted by Crippen LogP contribution is 2.16. The van der Waals surface area contributed by atoms with Crippen molar-refractivity contribution < 1.29 is 14.1 Å². The topological polar surface area (TPSA) is 94.2 Å². The Morgan fingerprint density at radius 1 is 1.50 bits per heavy atom. The van der Waals surface area contributed by atoms with Crippen molar-refractivity contribution in [1.29, 1.82) is 0 Å². The fraction of sp³-hybridized carbons (Fsp3) is 0.500. The van der Waals surface area contributed by atoms with E-state index in [1.165, 1.54) is 12.4 Å². The highest BCUT2D eigenvalue weighted by molar-refractivity contribution is 5.92. The Morgan fingerprint density at radius 3 is 3.14 bits per heavy atom. The molecule has 0 saturated carbocycles. The number of hydrogen-bond acceptors (Lipinski definition) is 7. The van der Waals surface area contributed by atoms with Crippen molar-refractivity contribution in [2.24, 2.45) is 0 Å². The van der Waals surface area contributed by atoms with E-state index in [0.717, 1.165) is 12.8 Å². The van der Waals surface area contributed by atoms with Crippen LogP contribution in [0.1, 0.15) is 35.0 Å². The number of aromatic nitrogens is 4. The summed E-state index contributed by atoms with van der Waals surface area (Å²) in [5.74, 6) is 0.923. The highest BCUT2D eigenvalue weighted by Gasteiger charge is 2.26. The van der Waals surface area contributed by atoms with E-state index in [2.05, 4.69) is 20.1 Å². The molecule has 8 nitrogen and oxygen atoms in total. The molecule has 3 heterocycles. The molecule has 2 aromatic heterocycles. The highest BCUT2D eigenvalue weighted by atomic mass is 16.5. The Balaban J connectivity index is 1.56. The molecule has 1 unspecified atom stereocenters. The van der Waals surface area contributed by atoms with Gasteiger partial charge in [-0.15, -0.1) is 0 Å². The molecule has 1 fully saturated rings. The minimum absolute atomic E-state index is 0.0402. The van der Waals surface area contributed by atoms with Crippen LogP contribution in [0.15, 0.2) is 23.1 Å². The molecule has 0 N–H and O–H groups in total. The van der Waals surface area contributed by atoms with E-state index >= 15 is 0 Å². The summed E-state index contributed by atoms with van der Waals surface area (Å²) in [5, 5.41) is 3.72. The van der Waals surface area contributed by atoms with Crippen LogP contribution in [0.2, 0.25) is 0 Å². The largest absolute Gasteiger partial charge is 0.367 e. The van der Waals surface area contributed by atoms with E-state index in [4.69, 9.17) is 9.26 Å². The number of carbonyl (C=O) groups excluding carboxylic acids is 1. The summed E-state index contributed by atoms with van der Waals surface area (Å²) in [4.78, 5) is 26.2. The summed E-state index contributed by atoms with van der Waals surface area (Å²) in [7, 11) is 0. The minimum Gasteiger partial charge on any atom is -0.367 e. The molecule has 1 atom stereocenters. The molecule has 0 radical (unpaired) electrons. The van der Waals surface area contributed by atoms with Gasteiger partial charge in [-0.25, -0.2) is 4.98 Å². The number of ether oxygens (including phenoxy) is 1. The number of hydrogen-bond donors (Lipinski definition) is 0. The van der Waals surface area contributed by atoms with E-state index in [9.17, 15) is 4.79 Å². The molecule has 22 heavy (non-hydrogen) atoms. The number of aryl methyl sites for hydroxylation is 1. The van der Waals surface area contributed by atoms with Crippen LogP contribution in [0, 0.1) is 6.92 Å². The third kappa shape index (κ3) is 3.45. The van der Waals surface area contributed by atoms with Crippen LogP contribution >= 0.6 is 0 Å². The van der Waals surface area contributed by atoms with Crippen molar-refractivity contribution in [2.75, 3.05) is 13.1 Å². The van der Waals surface area contributed by atoms with Crippen molar-refractivity contribution >= 4 is 5.91 Å². The maximum atomic E-state index is 12.3. The summed E-state index contributed by atoms with van der Waals surface area (Å²) < 4.78 is 10.8. The number of piperidine rings is 1. The molecule has 3 rings (SSSR count). The van der Waals surface area contributed by atoms with Gasteiger partial charge in [0, 0.05) is 25.5 Å². The molecule has 116 valence electrons. The Bertz CT molecular complexity index is 630. The Hall–Kier alpha value is -2.35. The summed E-state index contributed by atoms with van der Waals surface area (Å²) in [6, 6.07) is 0. The van der Waals surface area contributed by atoms with Gasteiger partial charge in [-0.2, -0.15) is 4.98 Å². The molecule has 8 heteroatoms. The van der Waals surface area contributed by atoms with E-state index < -0.39 is 0 Å². The van der Waals surface area contributed by atoms with Crippen LogP contribution in [0.5, 0.6) is 0 Å². The fourth-order valence-electron chi connectivity index (χ4n) is 2.42. The van der Waals surface area contributed by atoms with Gasteiger partial charge < -0.3 is 14.2 Å². The number of rotatable bonds is 4. The zero-order valence-corrected chi connectivity index (χ0v) is 12.3. The second kappa shape index (κ2) is 6.61. The minimum atomic E-state index is -0.116. The first kappa shape index (κ1) is 14.6. The van der Waals surface area contributed by atoms with Crippen molar-refractivity contribution in [3.05, 3.63) is 36.0 Å². The Kier molecular flexibility index (Phi) is 4.38. The summed E-state index contributed by atoms with van der Waals surface area (Å²) in [5.41, 5.74) is 0.357. The Labute approximate surface area is 127 Å². The molecule has 1 saturated heterocycles. The van der Waals surface area contributed by atoms with E-state index in [0.29, 0.717) is 30.5 Å². The number of nitrogens with zero attached hydrogens (tertiary/aromatic N) is 5. The van der Waals surface area contributed by atoms with Gasteiger partial charge in [-0.05, 0) is 19.8 Å². The van der Waals surface area contributed by atoms with Gasteiger partial charge in [0.25, 0.3) is 11.8 Å². The van der Waals surface area contributed by atoms with Gasteiger partial charge in [-0.3, -0.25) is 9.78 Å². The van der Waals surface area contributed by atoms with Crippen molar-refractivity contribution in [1.82, 2.24) is 25.0 Å². The van der Waals surface area contributed by atoms with E-state index in [1.807, 2.05) is 0 Å². The molecule has 0 spiro atoms. The SMILES string of the molecule is Cc1noc(COC2CCCN(C(=O)c3cnccn3)C2)n1. The maximum absolute atomic E-state index is 12.3. The third-order valence-corrected chi connectivity index (χ3v) is 3.46. The van der Waals surface area contributed by atoms with Gasteiger partial charge in [0.15, 0.2) is 5.82 Å². The molecular formula is C14H17N5O3. The fourth-order valence-corrected chi connectivity index (χ4v) is 2.42. The second-order valence-electron chi connectivity index (χ2n) is 5.15. The van der Waals surface area contributed by atoms with E-state index in [-0.39, 0.29) is 18.6 Å². The van der Waals surface area contributed by atoms with Gasteiger partial charge in [0.05, 0.1) is 12.3 Å². The zero-order valence-electron chi connectivity index (χ0n) is 12.3. The monoisotopic (exact) mass is 303 g/mol. The summed E-state index contributed by atoms with van der Waals surface area (Å²) in [6.07, 6.45) is 6.29. The van der Waals surface area contributed by atoms with Gasteiger partial charge >= 0.3 is 0 Å². The average molecular weight is 303 g/mol. The van der Waals surface area contributed by atoms with Crippen molar-refractivity contribution in [3.8, 4) is 0 Å². The summed E-state index contributed by atoms with van der Waals surface area (Å²) in [6.45, 7) is 3.26. The first-order chi connectivity index (χ1) is 10.7. The smallest absolute Gasteiger partial charge is 0.274 e. The molecule has 1 amide bonds. The predicted molar refractivity (Wildman–Crippen MR) is 74.8 cm³/mol. The molecule has 1 aliphatic rings. The van der Waals surface area contributed by atoms with E-state index in [1.54, 1.807) is 18.0 Å². The van der Waals surface area contributed by atoms with Crippen molar-refractivity contribution in [2.45, 2.75) is 32.5 Å². The lowest BCUT2D eigenvalue weighted by Gasteiger charge is -2.32. The van der Waals surface area contributed by atoms with Crippen molar-refractivity contribution in [3.63, 3.8) is 0 Å². The number of carbonyl (C=O) groups is 1. The molecule has 0 bridgehead atoms. The lowest BCUT2D eigenvalue weighted by atomic mass is 10.1. The van der Waals surface area contributed by atoms with Gasteiger partial charge in [-0.1, -0.05) is 5.16 Å². The van der Waals surface area contributed by atoms with Crippen LogP contribution in [-0.2, 0) is 11.3 Å². The lowest BCUT2D eigenvalue weighted by molar-refractivity contribution is -0.0155. The first-order valence-corrected chi connectivity index (χ1v) is 7.18. The molecule has 1 aliphatic heterocycles. The molecule has 2 aromatic rings. The quantitative estimate of drug-likeness (QED) is 0.831. The number of likely N-dealkylation sites (tertiary alicyclic amines) is 1. The van der Waals surface area contributed by atoms with Crippen LogP contribution in [0.3, 0.4) is 0 Å².